The van der Waals surface area contributed by atoms with Crippen LogP contribution in [0.3, 0.4) is 0 Å². The molecule has 0 radical (unpaired) electrons. The number of hydrogen-bond acceptors (Lipinski definition) is 3. The molecule has 2 heterocycles. The van der Waals surface area contributed by atoms with Crippen LogP contribution in [0.2, 0.25) is 0 Å². The van der Waals surface area contributed by atoms with Crippen LogP contribution in [0.4, 0.5) is 14.9 Å². The Hall–Kier alpha value is -2.08. The average Bonchev–Trinajstić information content (AvgIpc) is 2.60. The van der Waals surface area contributed by atoms with Gasteiger partial charge in [-0.1, -0.05) is 0 Å². The van der Waals surface area contributed by atoms with Crippen LogP contribution in [-0.2, 0) is 4.74 Å². The van der Waals surface area contributed by atoms with Crippen LogP contribution in [-0.4, -0.2) is 42.7 Å². The molecule has 1 atom stereocenters. The predicted molar refractivity (Wildman–Crippen MR) is 91.3 cm³/mol. The third-order valence-corrected chi connectivity index (χ3v) is 4.51. The van der Waals surface area contributed by atoms with Crippen LogP contribution >= 0.6 is 0 Å². The summed E-state index contributed by atoms with van der Waals surface area (Å²) in [6.45, 7) is 2.88. The minimum atomic E-state index is -0.314. The Kier molecular flexibility index (Phi) is 5.69. The number of rotatable bonds is 4. The molecular formula is C18H24FN3O2. The van der Waals surface area contributed by atoms with E-state index in [-0.39, 0.29) is 17.9 Å². The van der Waals surface area contributed by atoms with Gasteiger partial charge in [-0.25, -0.2) is 9.18 Å². The molecule has 2 aliphatic rings. The molecule has 5 nitrogen and oxygen atoms in total. The highest BCUT2D eigenvalue weighted by Crippen LogP contribution is 2.16. The molecule has 2 N–H and O–H groups in total. The molecule has 0 aliphatic carbocycles. The third kappa shape index (κ3) is 4.96. The van der Waals surface area contributed by atoms with Crippen molar-refractivity contribution in [2.24, 2.45) is 0 Å². The van der Waals surface area contributed by atoms with Gasteiger partial charge in [-0.3, -0.25) is 4.90 Å². The highest BCUT2D eigenvalue weighted by atomic mass is 19.1. The largest absolute Gasteiger partial charge is 0.497 e. The Morgan fingerprint density at radius 2 is 1.96 bits per heavy atom. The fourth-order valence-corrected chi connectivity index (χ4v) is 3.15. The summed E-state index contributed by atoms with van der Waals surface area (Å²) in [4.78, 5) is 14.4. The number of ether oxygens (including phenoxy) is 1. The molecule has 0 spiro atoms. The number of halogens is 1. The van der Waals surface area contributed by atoms with Crippen molar-refractivity contribution in [3.63, 3.8) is 0 Å². The van der Waals surface area contributed by atoms with Gasteiger partial charge in [0.2, 0.25) is 0 Å². The summed E-state index contributed by atoms with van der Waals surface area (Å²) in [5, 5.41) is 5.73. The van der Waals surface area contributed by atoms with Gasteiger partial charge in [0.1, 0.15) is 11.9 Å². The lowest BCUT2D eigenvalue weighted by Gasteiger charge is -2.34. The number of anilines is 1. The number of amides is 2. The number of hydrogen-bond donors (Lipinski definition) is 2. The number of carbonyl (C=O) groups is 1. The molecule has 0 saturated carbocycles. The Morgan fingerprint density at radius 1 is 1.21 bits per heavy atom. The van der Waals surface area contributed by atoms with E-state index in [4.69, 9.17) is 4.74 Å². The monoisotopic (exact) mass is 333 g/mol. The van der Waals surface area contributed by atoms with Gasteiger partial charge in [0.05, 0.1) is 6.26 Å². The molecule has 130 valence electrons. The van der Waals surface area contributed by atoms with Crippen LogP contribution < -0.4 is 10.6 Å². The number of likely N-dealkylation sites (tertiary alicyclic amines) is 1. The van der Waals surface area contributed by atoms with E-state index in [9.17, 15) is 9.18 Å². The Labute approximate surface area is 141 Å². The first-order chi connectivity index (χ1) is 11.7. The molecule has 1 aromatic rings. The van der Waals surface area contributed by atoms with E-state index >= 15 is 0 Å². The summed E-state index contributed by atoms with van der Waals surface area (Å²) in [6, 6.07) is 5.70. The normalized spacial score (nSPS) is 22.0. The topological polar surface area (TPSA) is 53.6 Å². The lowest BCUT2D eigenvalue weighted by molar-refractivity contribution is 0.0675. The van der Waals surface area contributed by atoms with Crippen molar-refractivity contribution >= 4 is 11.7 Å². The minimum absolute atomic E-state index is 0.175. The summed E-state index contributed by atoms with van der Waals surface area (Å²) >= 11 is 0. The quantitative estimate of drug-likeness (QED) is 0.890. The zero-order valence-corrected chi connectivity index (χ0v) is 13.7. The fraction of sp³-hybridized carbons (Fsp3) is 0.500. The van der Waals surface area contributed by atoms with Crippen molar-refractivity contribution in [2.45, 2.75) is 37.8 Å². The van der Waals surface area contributed by atoms with Crippen molar-refractivity contribution in [1.29, 1.82) is 0 Å². The first-order valence-electron chi connectivity index (χ1n) is 8.55. The van der Waals surface area contributed by atoms with E-state index in [1.165, 1.54) is 12.1 Å². The smallest absolute Gasteiger partial charge is 0.319 e. The third-order valence-electron chi connectivity index (χ3n) is 4.51. The van der Waals surface area contributed by atoms with E-state index in [2.05, 4.69) is 21.6 Å². The van der Waals surface area contributed by atoms with Crippen molar-refractivity contribution in [3.8, 4) is 0 Å². The number of nitrogens with one attached hydrogen (secondary N) is 2. The van der Waals surface area contributed by atoms with Crippen LogP contribution in [0.25, 0.3) is 0 Å². The Morgan fingerprint density at radius 3 is 2.62 bits per heavy atom. The van der Waals surface area contributed by atoms with Crippen molar-refractivity contribution in [3.05, 3.63) is 42.4 Å². The van der Waals surface area contributed by atoms with E-state index in [1.807, 2.05) is 6.26 Å². The van der Waals surface area contributed by atoms with E-state index < -0.39 is 0 Å². The van der Waals surface area contributed by atoms with Crippen LogP contribution in [0.1, 0.15) is 25.7 Å². The number of benzene rings is 1. The first kappa shape index (κ1) is 16.8. The van der Waals surface area contributed by atoms with Gasteiger partial charge in [-0.05, 0) is 56.0 Å². The maximum absolute atomic E-state index is 12.9. The summed E-state index contributed by atoms with van der Waals surface area (Å²) < 4.78 is 18.5. The van der Waals surface area contributed by atoms with Gasteiger partial charge in [0.15, 0.2) is 0 Å². The summed E-state index contributed by atoms with van der Waals surface area (Å²) in [7, 11) is 0. The number of allylic oxidation sites excluding steroid dienone is 1. The number of nitrogens with zero attached hydrogens (tertiary/aromatic N) is 1. The average molecular weight is 333 g/mol. The molecular weight excluding hydrogens is 309 g/mol. The highest BCUT2D eigenvalue weighted by molar-refractivity contribution is 5.89. The van der Waals surface area contributed by atoms with Gasteiger partial charge < -0.3 is 15.4 Å². The fourth-order valence-electron chi connectivity index (χ4n) is 3.15. The van der Waals surface area contributed by atoms with E-state index in [1.54, 1.807) is 12.1 Å². The van der Waals surface area contributed by atoms with Gasteiger partial charge in [-0.2, -0.15) is 0 Å². The minimum Gasteiger partial charge on any atom is -0.497 e. The molecule has 24 heavy (non-hydrogen) atoms. The predicted octanol–water partition coefficient (Wildman–Crippen LogP) is 3.10. The van der Waals surface area contributed by atoms with E-state index in [0.717, 1.165) is 45.3 Å². The molecule has 0 unspecified atom stereocenters. The molecule has 0 aromatic heterocycles. The zero-order valence-electron chi connectivity index (χ0n) is 13.7. The lowest BCUT2D eigenvalue weighted by Crippen LogP contribution is -2.47. The molecule has 0 bridgehead atoms. The summed E-state index contributed by atoms with van der Waals surface area (Å²) in [5.41, 5.74) is 0.592. The van der Waals surface area contributed by atoms with Crippen molar-refractivity contribution in [2.75, 3.05) is 25.0 Å². The Balaban J connectivity index is 1.37. The van der Waals surface area contributed by atoms with Crippen LogP contribution in [0.15, 0.2) is 36.6 Å². The molecule has 1 aromatic carbocycles. The Bertz CT molecular complexity index is 568. The van der Waals surface area contributed by atoms with Gasteiger partial charge >= 0.3 is 6.03 Å². The standard InChI is InChI=1S/C18H24FN3O2/c19-14-4-6-15(7-5-14)20-18(23)21-16-8-10-22(11-9-16)13-17-3-1-2-12-24-17/h2,4-7,12,16-17H,1,3,8-11,13H2,(H2,20,21,23)/t17-/m0/s1. The van der Waals surface area contributed by atoms with Gasteiger partial charge in [0, 0.05) is 31.4 Å². The molecule has 3 rings (SSSR count). The maximum atomic E-state index is 12.9. The van der Waals surface area contributed by atoms with Crippen LogP contribution in [0, 0.1) is 5.82 Å². The van der Waals surface area contributed by atoms with Crippen molar-refractivity contribution < 1.29 is 13.9 Å². The molecule has 6 heteroatoms. The molecule has 2 amide bonds. The second-order valence-electron chi connectivity index (χ2n) is 6.39. The maximum Gasteiger partial charge on any atom is 0.319 e. The van der Waals surface area contributed by atoms with Crippen LogP contribution in [0.5, 0.6) is 0 Å². The second kappa shape index (κ2) is 8.15. The molecule has 1 saturated heterocycles. The number of urea groups is 1. The number of piperidine rings is 1. The zero-order chi connectivity index (χ0) is 16.8. The molecule has 2 aliphatic heterocycles. The van der Waals surface area contributed by atoms with Crippen molar-refractivity contribution in [1.82, 2.24) is 10.2 Å². The molecule has 1 fully saturated rings. The van der Waals surface area contributed by atoms with Gasteiger partial charge in [-0.15, -0.1) is 0 Å². The SMILES string of the molecule is O=C(Nc1ccc(F)cc1)NC1CCN(C[C@@H]2CCC=CO2)CC1. The van der Waals surface area contributed by atoms with Gasteiger partial charge in [0.25, 0.3) is 0 Å². The number of carbonyl (C=O) groups excluding carboxylic acids is 1. The van der Waals surface area contributed by atoms with E-state index in [0.29, 0.717) is 11.8 Å². The lowest BCUT2D eigenvalue weighted by atomic mass is 10.0. The second-order valence-corrected chi connectivity index (χ2v) is 6.39. The highest BCUT2D eigenvalue weighted by Gasteiger charge is 2.23. The first-order valence-corrected chi connectivity index (χ1v) is 8.55. The summed E-state index contributed by atoms with van der Waals surface area (Å²) in [6.07, 6.45) is 8.19. The summed E-state index contributed by atoms with van der Waals surface area (Å²) in [5.74, 6) is -0.314.